The van der Waals surface area contributed by atoms with E-state index in [1.165, 1.54) is 10.9 Å². The van der Waals surface area contributed by atoms with Gasteiger partial charge in [0.05, 0.1) is 5.52 Å². The lowest BCUT2D eigenvalue weighted by Crippen LogP contribution is -2.32. The summed E-state index contributed by atoms with van der Waals surface area (Å²) in [4.78, 5) is 16.1. The summed E-state index contributed by atoms with van der Waals surface area (Å²) >= 11 is 0. The quantitative estimate of drug-likeness (QED) is 0.799. The number of nitrogens with zero attached hydrogens (tertiary/aromatic N) is 1. The summed E-state index contributed by atoms with van der Waals surface area (Å²) in [6, 6.07) is 10.3. The van der Waals surface area contributed by atoms with Crippen molar-refractivity contribution in [3.05, 3.63) is 41.6 Å². The highest BCUT2D eigenvalue weighted by Crippen LogP contribution is 2.28. The molecule has 1 aromatic carbocycles. The molecule has 1 aliphatic rings. The van der Waals surface area contributed by atoms with E-state index in [1.54, 1.807) is 0 Å². The zero-order valence-electron chi connectivity index (χ0n) is 12.4. The van der Waals surface area contributed by atoms with Crippen LogP contribution >= 0.6 is 0 Å². The van der Waals surface area contributed by atoms with Crippen LogP contribution in [0.5, 0.6) is 0 Å². The predicted molar refractivity (Wildman–Crippen MR) is 83.9 cm³/mol. The van der Waals surface area contributed by atoms with Crippen LogP contribution in [0.25, 0.3) is 10.9 Å². The topological polar surface area (TPSA) is 54.0 Å². The highest BCUT2D eigenvalue weighted by molar-refractivity contribution is 5.82. The molecule has 4 heteroatoms. The molecule has 0 unspecified atom stereocenters. The Morgan fingerprint density at radius 1 is 1.29 bits per heavy atom. The molecule has 0 saturated heterocycles. The minimum atomic E-state index is 0.210. The molecule has 1 aromatic heterocycles. The third-order valence-electron chi connectivity index (χ3n) is 3.79. The normalized spacial score (nSPS) is 14.3. The lowest BCUT2D eigenvalue weighted by atomic mass is 10.1. The third kappa shape index (κ3) is 3.58. The molecule has 3 rings (SSSR count). The van der Waals surface area contributed by atoms with Gasteiger partial charge in [-0.15, -0.1) is 0 Å². The van der Waals surface area contributed by atoms with Crippen LogP contribution in [0.15, 0.2) is 30.3 Å². The zero-order valence-corrected chi connectivity index (χ0v) is 12.4. The number of pyridine rings is 1. The average molecular weight is 283 g/mol. The fourth-order valence-electron chi connectivity index (χ4n) is 2.53. The number of hydrogen-bond donors (Lipinski definition) is 2. The summed E-state index contributed by atoms with van der Waals surface area (Å²) in [5.41, 5.74) is 3.33. The second-order valence-corrected chi connectivity index (χ2v) is 5.68. The Kier molecular flexibility index (Phi) is 4.15. The maximum Gasteiger partial charge on any atom is 0.223 e. The maximum atomic E-state index is 11.5. The molecule has 0 bridgehead atoms. The second-order valence-electron chi connectivity index (χ2n) is 5.68. The van der Waals surface area contributed by atoms with Crippen LogP contribution in [-0.4, -0.2) is 24.0 Å². The van der Waals surface area contributed by atoms with Crippen LogP contribution in [0, 0.1) is 12.8 Å². The predicted octanol–water partition coefficient (Wildman–Crippen LogP) is 2.16. The molecular formula is C17H21N3O. The van der Waals surface area contributed by atoms with E-state index in [0.717, 1.165) is 37.1 Å². The van der Waals surface area contributed by atoms with Gasteiger partial charge in [0.2, 0.25) is 5.91 Å². The Hall–Kier alpha value is -1.94. The van der Waals surface area contributed by atoms with Crippen molar-refractivity contribution in [1.29, 1.82) is 0 Å². The first-order valence-corrected chi connectivity index (χ1v) is 7.58. The van der Waals surface area contributed by atoms with Crippen molar-refractivity contribution in [2.75, 3.05) is 13.1 Å². The fourth-order valence-corrected chi connectivity index (χ4v) is 2.53. The van der Waals surface area contributed by atoms with Crippen molar-refractivity contribution in [2.45, 2.75) is 26.3 Å². The van der Waals surface area contributed by atoms with Crippen LogP contribution in [0.2, 0.25) is 0 Å². The van der Waals surface area contributed by atoms with Gasteiger partial charge in [0.25, 0.3) is 0 Å². The molecule has 0 atom stereocenters. The average Bonchev–Trinajstić information content (AvgIpc) is 3.31. The lowest BCUT2D eigenvalue weighted by molar-refractivity contribution is -0.122. The smallest absolute Gasteiger partial charge is 0.223 e. The first kappa shape index (κ1) is 14.0. The second kappa shape index (κ2) is 6.22. The summed E-state index contributed by atoms with van der Waals surface area (Å²) < 4.78 is 0. The first-order valence-electron chi connectivity index (χ1n) is 7.58. The van der Waals surface area contributed by atoms with Crippen molar-refractivity contribution in [3.8, 4) is 0 Å². The molecule has 1 saturated carbocycles. The van der Waals surface area contributed by atoms with E-state index >= 15 is 0 Å². The van der Waals surface area contributed by atoms with Gasteiger partial charge in [-0.2, -0.15) is 0 Å². The Morgan fingerprint density at radius 2 is 2.10 bits per heavy atom. The van der Waals surface area contributed by atoms with Crippen molar-refractivity contribution in [3.63, 3.8) is 0 Å². The third-order valence-corrected chi connectivity index (χ3v) is 3.79. The van der Waals surface area contributed by atoms with Crippen molar-refractivity contribution in [2.24, 2.45) is 5.92 Å². The van der Waals surface area contributed by atoms with E-state index in [2.05, 4.69) is 27.8 Å². The Balaban J connectivity index is 1.54. The summed E-state index contributed by atoms with van der Waals surface area (Å²) in [5, 5.41) is 7.55. The molecule has 0 radical (unpaired) electrons. The largest absolute Gasteiger partial charge is 0.355 e. The van der Waals surface area contributed by atoms with E-state index in [1.807, 2.05) is 25.1 Å². The standard InChI is InChI=1S/C17H21N3O/c1-12-10-14(15-4-2-3-5-16(15)20-12)11-18-8-9-19-17(21)13-6-7-13/h2-5,10,13,18H,6-9,11H2,1H3,(H,19,21). The van der Waals surface area contributed by atoms with Crippen molar-refractivity contribution in [1.82, 2.24) is 15.6 Å². The lowest BCUT2D eigenvalue weighted by Gasteiger charge is -2.10. The van der Waals surface area contributed by atoms with Gasteiger partial charge >= 0.3 is 0 Å². The highest BCUT2D eigenvalue weighted by Gasteiger charge is 2.28. The van der Waals surface area contributed by atoms with E-state index in [4.69, 9.17) is 0 Å². The molecular weight excluding hydrogens is 262 g/mol. The van der Waals surface area contributed by atoms with Gasteiger partial charge in [0.15, 0.2) is 0 Å². The van der Waals surface area contributed by atoms with Gasteiger partial charge in [-0.1, -0.05) is 18.2 Å². The van der Waals surface area contributed by atoms with Gasteiger partial charge in [-0.3, -0.25) is 9.78 Å². The molecule has 110 valence electrons. The molecule has 21 heavy (non-hydrogen) atoms. The Labute approximate surface area is 125 Å². The van der Waals surface area contributed by atoms with Crippen LogP contribution in [-0.2, 0) is 11.3 Å². The number of para-hydroxylation sites is 1. The van der Waals surface area contributed by atoms with Gasteiger partial charge in [0, 0.05) is 36.6 Å². The summed E-state index contributed by atoms with van der Waals surface area (Å²) in [6.07, 6.45) is 2.11. The van der Waals surface area contributed by atoms with E-state index in [0.29, 0.717) is 6.54 Å². The number of nitrogens with one attached hydrogen (secondary N) is 2. The van der Waals surface area contributed by atoms with Crippen molar-refractivity contribution >= 4 is 16.8 Å². The monoisotopic (exact) mass is 283 g/mol. The van der Waals surface area contributed by atoms with E-state index in [9.17, 15) is 4.79 Å². The van der Waals surface area contributed by atoms with E-state index < -0.39 is 0 Å². The summed E-state index contributed by atoms with van der Waals surface area (Å²) in [5.74, 6) is 0.499. The molecule has 1 heterocycles. The van der Waals surface area contributed by atoms with Gasteiger partial charge in [-0.25, -0.2) is 0 Å². The molecule has 4 nitrogen and oxygen atoms in total. The minimum Gasteiger partial charge on any atom is -0.355 e. The molecule has 1 amide bonds. The number of benzene rings is 1. The SMILES string of the molecule is Cc1cc(CNCCNC(=O)C2CC2)c2ccccc2n1. The zero-order chi connectivity index (χ0) is 14.7. The number of aryl methyl sites for hydroxylation is 1. The number of carbonyl (C=O) groups excluding carboxylic acids is 1. The first-order chi connectivity index (χ1) is 10.2. The maximum absolute atomic E-state index is 11.5. The van der Waals surface area contributed by atoms with Gasteiger partial charge in [0.1, 0.15) is 0 Å². The molecule has 1 fully saturated rings. The number of rotatable bonds is 6. The van der Waals surface area contributed by atoms with Crippen LogP contribution in [0.3, 0.4) is 0 Å². The highest BCUT2D eigenvalue weighted by atomic mass is 16.2. The number of aromatic nitrogens is 1. The molecule has 1 aliphatic carbocycles. The number of fused-ring (bicyclic) bond motifs is 1. The molecule has 2 aromatic rings. The van der Waals surface area contributed by atoms with Gasteiger partial charge in [-0.05, 0) is 37.5 Å². The molecule has 0 spiro atoms. The van der Waals surface area contributed by atoms with Crippen LogP contribution < -0.4 is 10.6 Å². The molecule has 2 N–H and O–H groups in total. The number of carbonyl (C=O) groups is 1. The number of hydrogen-bond acceptors (Lipinski definition) is 3. The van der Waals surface area contributed by atoms with Gasteiger partial charge < -0.3 is 10.6 Å². The Bertz CT molecular complexity index is 650. The van der Waals surface area contributed by atoms with Crippen LogP contribution in [0.1, 0.15) is 24.1 Å². The number of amides is 1. The van der Waals surface area contributed by atoms with E-state index in [-0.39, 0.29) is 11.8 Å². The summed E-state index contributed by atoms with van der Waals surface area (Å²) in [6.45, 7) is 4.29. The Morgan fingerprint density at radius 3 is 2.90 bits per heavy atom. The minimum absolute atomic E-state index is 0.210. The van der Waals surface area contributed by atoms with Crippen molar-refractivity contribution < 1.29 is 4.79 Å². The molecule has 0 aliphatic heterocycles. The fraction of sp³-hybridized carbons (Fsp3) is 0.412. The summed E-state index contributed by atoms with van der Waals surface area (Å²) in [7, 11) is 0. The van der Waals surface area contributed by atoms with Crippen LogP contribution in [0.4, 0.5) is 0 Å².